The molecular weight excluding hydrogens is 341 g/mol. The van der Waals surface area contributed by atoms with E-state index in [0.29, 0.717) is 13.1 Å². The molecule has 7 heteroatoms. The van der Waals surface area contributed by atoms with Crippen LogP contribution in [0.2, 0.25) is 0 Å². The molecule has 0 saturated carbocycles. The normalized spacial score (nSPS) is 26.4. The Hall–Kier alpha value is -0.250. The largest absolute Gasteiger partial charge is 0.285 e. The topological polar surface area (TPSA) is 76.3 Å². The molecule has 2 heterocycles. The number of aromatic nitrogens is 1. The Balaban J connectivity index is 1.97. The summed E-state index contributed by atoms with van der Waals surface area (Å²) in [6, 6.07) is 3.84. The molecule has 0 aromatic carbocycles. The second kappa shape index (κ2) is 4.55. The van der Waals surface area contributed by atoms with Gasteiger partial charge in [-0.2, -0.15) is 0 Å². The summed E-state index contributed by atoms with van der Waals surface area (Å²) in [6.07, 6.45) is 3.50. The van der Waals surface area contributed by atoms with E-state index in [9.17, 15) is 8.42 Å². The maximum atomic E-state index is 11.2. The molecule has 88 valence electrons. The Morgan fingerprint density at radius 2 is 2.38 bits per heavy atom. The monoisotopic (exact) mass is 353 g/mol. The van der Waals surface area contributed by atoms with E-state index in [2.05, 4.69) is 32.5 Å². The lowest BCUT2D eigenvalue weighted by atomic mass is 10.1. The van der Waals surface area contributed by atoms with E-state index >= 15 is 0 Å². The Labute approximate surface area is 108 Å². The van der Waals surface area contributed by atoms with Crippen LogP contribution in [0.5, 0.6) is 0 Å². The number of alkyl halides is 1. The van der Waals surface area contributed by atoms with Gasteiger partial charge in [0.1, 0.15) is 5.25 Å². The third-order valence-electron chi connectivity index (χ3n) is 2.60. The Morgan fingerprint density at radius 3 is 2.88 bits per heavy atom. The van der Waals surface area contributed by atoms with E-state index in [-0.39, 0.29) is 4.05 Å². The van der Waals surface area contributed by atoms with Crippen LogP contribution in [-0.4, -0.2) is 34.1 Å². The van der Waals surface area contributed by atoms with Gasteiger partial charge in [0.25, 0.3) is 0 Å². The van der Waals surface area contributed by atoms with Crippen LogP contribution in [0.4, 0.5) is 0 Å². The third-order valence-corrected chi connectivity index (χ3v) is 6.00. The van der Waals surface area contributed by atoms with E-state index in [1.54, 1.807) is 12.4 Å². The predicted octanol–water partition coefficient (Wildman–Crippen LogP) is 0.315. The first kappa shape index (κ1) is 12.2. The molecular formula is C9H12IN3O2S. The first-order valence-electron chi connectivity index (χ1n) is 4.77. The van der Waals surface area contributed by atoms with Crippen molar-refractivity contribution in [2.45, 2.75) is 15.8 Å². The van der Waals surface area contributed by atoms with Gasteiger partial charge in [0.2, 0.25) is 10.0 Å². The molecule has 1 aromatic heterocycles. The van der Waals surface area contributed by atoms with Crippen LogP contribution in [-0.2, 0) is 16.6 Å². The summed E-state index contributed by atoms with van der Waals surface area (Å²) in [5.41, 5.74) is 1.08. The van der Waals surface area contributed by atoms with Crippen LogP contribution in [0, 0.1) is 0 Å². The number of rotatable bonds is 3. The fourth-order valence-electron chi connectivity index (χ4n) is 1.65. The number of halogens is 1. The minimum atomic E-state index is -3.41. The van der Waals surface area contributed by atoms with Crippen molar-refractivity contribution >= 4 is 32.6 Å². The van der Waals surface area contributed by atoms with Crippen molar-refractivity contribution in [1.29, 1.82) is 0 Å². The Bertz CT molecular complexity index is 465. The van der Waals surface area contributed by atoms with Gasteiger partial charge in [0.05, 0.1) is 4.05 Å². The summed E-state index contributed by atoms with van der Waals surface area (Å²) >= 11 is 2.12. The molecule has 0 bridgehead atoms. The lowest BCUT2D eigenvalue weighted by Gasteiger charge is -2.43. The van der Waals surface area contributed by atoms with Crippen LogP contribution in [0.3, 0.4) is 0 Å². The van der Waals surface area contributed by atoms with Gasteiger partial charge in [-0.3, -0.25) is 9.88 Å². The first-order valence-corrected chi connectivity index (χ1v) is 7.62. The molecule has 1 fully saturated rings. The highest BCUT2D eigenvalue weighted by molar-refractivity contribution is 14.1. The minimum absolute atomic E-state index is 0.0483. The molecule has 0 aliphatic carbocycles. The summed E-state index contributed by atoms with van der Waals surface area (Å²) in [7, 11) is -3.41. The number of pyridine rings is 1. The fourth-order valence-corrected chi connectivity index (χ4v) is 4.42. The van der Waals surface area contributed by atoms with Crippen LogP contribution in [0.1, 0.15) is 5.56 Å². The van der Waals surface area contributed by atoms with Gasteiger partial charge < -0.3 is 0 Å². The molecule has 1 aliphatic rings. The number of hydrogen-bond acceptors (Lipinski definition) is 4. The van der Waals surface area contributed by atoms with E-state index in [0.717, 1.165) is 5.56 Å². The van der Waals surface area contributed by atoms with Gasteiger partial charge in [0, 0.05) is 25.5 Å². The molecule has 1 aliphatic heterocycles. The molecule has 2 unspecified atom stereocenters. The molecule has 5 nitrogen and oxygen atoms in total. The number of hydrogen-bond donors (Lipinski definition) is 1. The Morgan fingerprint density at radius 1 is 1.62 bits per heavy atom. The maximum Gasteiger partial charge on any atom is 0.215 e. The van der Waals surface area contributed by atoms with Crippen molar-refractivity contribution in [2.24, 2.45) is 5.14 Å². The highest BCUT2D eigenvalue weighted by Crippen LogP contribution is 2.29. The molecule has 1 aromatic rings. The van der Waals surface area contributed by atoms with Gasteiger partial charge in [-0.25, -0.2) is 13.6 Å². The zero-order valence-corrected chi connectivity index (χ0v) is 11.4. The molecule has 0 amide bonds. The highest BCUT2D eigenvalue weighted by atomic mass is 127. The summed E-state index contributed by atoms with van der Waals surface area (Å²) < 4.78 is 22.3. The quantitative estimate of drug-likeness (QED) is 0.482. The Kier molecular flexibility index (Phi) is 3.48. The van der Waals surface area contributed by atoms with Crippen LogP contribution in [0.15, 0.2) is 24.5 Å². The fraction of sp³-hybridized carbons (Fsp3) is 0.444. The highest BCUT2D eigenvalue weighted by Gasteiger charge is 2.43. The summed E-state index contributed by atoms with van der Waals surface area (Å²) in [6.45, 7) is 1.22. The minimum Gasteiger partial charge on any atom is -0.285 e. The molecule has 2 N–H and O–H groups in total. The molecule has 0 spiro atoms. The molecule has 0 radical (unpaired) electrons. The van der Waals surface area contributed by atoms with E-state index < -0.39 is 15.3 Å². The lowest BCUT2D eigenvalue weighted by Crippen LogP contribution is -2.60. The van der Waals surface area contributed by atoms with Crippen molar-refractivity contribution in [3.63, 3.8) is 0 Å². The van der Waals surface area contributed by atoms with Gasteiger partial charge in [-0.15, -0.1) is 0 Å². The zero-order chi connectivity index (χ0) is 11.8. The lowest BCUT2D eigenvalue weighted by molar-refractivity contribution is 0.161. The number of likely N-dealkylation sites (tertiary alicyclic amines) is 1. The number of nitrogens with two attached hydrogens (primary N) is 1. The van der Waals surface area contributed by atoms with E-state index in [1.165, 1.54) is 0 Å². The SMILES string of the molecule is NS(=O)(=O)C1CN(Cc2cccnc2)C1I. The summed E-state index contributed by atoms with van der Waals surface area (Å²) in [5, 5.41) is 4.68. The van der Waals surface area contributed by atoms with Crippen molar-refractivity contribution < 1.29 is 8.42 Å². The van der Waals surface area contributed by atoms with Crippen LogP contribution < -0.4 is 5.14 Å². The zero-order valence-electron chi connectivity index (χ0n) is 8.45. The number of sulfonamides is 1. The standard InChI is InChI=1S/C9H12IN3O2S/c10-9-8(16(11,14)15)6-13(9)5-7-2-1-3-12-4-7/h1-4,8-9H,5-6H2,(H2,11,14,15). The van der Waals surface area contributed by atoms with Gasteiger partial charge >= 0.3 is 0 Å². The third kappa shape index (κ3) is 2.53. The van der Waals surface area contributed by atoms with Crippen LogP contribution >= 0.6 is 22.6 Å². The van der Waals surface area contributed by atoms with Gasteiger partial charge in [-0.1, -0.05) is 28.7 Å². The van der Waals surface area contributed by atoms with Gasteiger partial charge in [-0.05, 0) is 11.6 Å². The average molecular weight is 353 g/mol. The molecule has 16 heavy (non-hydrogen) atoms. The second-order valence-electron chi connectivity index (χ2n) is 3.79. The van der Waals surface area contributed by atoms with Crippen molar-refractivity contribution in [1.82, 2.24) is 9.88 Å². The van der Waals surface area contributed by atoms with Crippen LogP contribution in [0.25, 0.3) is 0 Å². The smallest absolute Gasteiger partial charge is 0.215 e. The number of primary sulfonamides is 1. The molecule has 2 rings (SSSR count). The maximum absolute atomic E-state index is 11.2. The predicted molar refractivity (Wildman–Crippen MR) is 69.4 cm³/mol. The summed E-state index contributed by atoms with van der Waals surface area (Å²) in [5.74, 6) is 0. The molecule has 1 saturated heterocycles. The first-order chi connectivity index (χ1) is 7.48. The van der Waals surface area contributed by atoms with Crippen molar-refractivity contribution in [3.05, 3.63) is 30.1 Å². The molecule has 2 atom stereocenters. The van der Waals surface area contributed by atoms with Gasteiger partial charge in [0.15, 0.2) is 0 Å². The average Bonchev–Trinajstić information content (AvgIpc) is 2.23. The second-order valence-corrected chi connectivity index (χ2v) is 6.85. The number of nitrogens with zero attached hydrogens (tertiary/aromatic N) is 2. The van der Waals surface area contributed by atoms with E-state index in [1.807, 2.05) is 12.1 Å². The van der Waals surface area contributed by atoms with Crippen molar-refractivity contribution in [2.75, 3.05) is 6.54 Å². The summed E-state index contributed by atoms with van der Waals surface area (Å²) in [4.78, 5) is 6.08. The van der Waals surface area contributed by atoms with E-state index in [4.69, 9.17) is 5.14 Å². The van der Waals surface area contributed by atoms with Crippen molar-refractivity contribution in [3.8, 4) is 0 Å².